The van der Waals surface area contributed by atoms with Gasteiger partial charge in [-0.25, -0.2) is 0 Å². The molecule has 2 bridgehead atoms. The van der Waals surface area contributed by atoms with E-state index >= 15 is 0 Å². The second-order valence-electron chi connectivity index (χ2n) is 14.3. The van der Waals surface area contributed by atoms with Crippen molar-refractivity contribution in [2.75, 3.05) is 26.7 Å². The first kappa shape index (κ1) is 31.3. The van der Waals surface area contributed by atoms with Gasteiger partial charge in [0.1, 0.15) is 11.6 Å². The topological polar surface area (TPSA) is 90.4 Å². The number of likely N-dealkylation sites (N-methyl/N-ethyl adjacent to an activating group) is 1. The number of rotatable bonds is 11. The Kier molecular flexibility index (Phi) is 8.56. The average molecular weight is 546 g/mol. The van der Waals surface area contributed by atoms with Gasteiger partial charge in [0, 0.05) is 25.7 Å². The lowest BCUT2D eigenvalue weighted by atomic mass is 9.66. The van der Waals surface area contributed by atoms with Crippen LogP contribution in [0.3, 0.4) is 0 Å². The maximum Gasteiger partial charge on any atom is 0.249 e. The summed E-state index contributed by atoms with van der Waals surface area (Å²) in [5.74, 6) is -2.28. The summed E-state index contributed by atoms with van der Waals surface area (Å²) in [6.45, 7) is 24.4. The Labute approximate surface area is 235 Å². The molecule has 0 aromatic rings. The van der Waals surface area contributed by atoms with Crippen molar-refractivity contribution in [2.24, 2.45) is 23.2 Å². The minimum absolute atomic E-state index is 0.0518. The van der Waals surface area contributed by atoms with Gasteiger partial charge in [0.05, 0.1) is 30.1 Å². The molecule has 0 aliphatic carbocycles. The Morgan fingerprint density at radius 2 is 1.72 bits per heavy atom. The number of aliphatic hydroxyl groups is 1. The van der Waals surface area contributed by atoms with Gasteiger partial charge < -0.3 is 24.5 Å². The minimum Gasteiger partial charge on any atom is -0.394 e. The lowest BCUT2D eigenvalue weighted by Gasteiger charge is -2.47. The number of nitrogens with zero attached hydrogens (tertiary/aromatic N) is 3. The number of likely N-dealkylation sites (tertiary alicyclic amines) is 1. The molecule has 6 atom stereocenters. The summed E-state index contributed by atoms with van der Waals surface area (Å²) < 4.78 is 6.79. The van der Waals surface area contributed by atoms with Crippen molar-refractivity contribution in [3.63, 3.8) is 0 Å². The minimum atomic E-state index is -1.14. The molecular formula is C31H51N3O5. The first-order valence-corrected chi connectivity index (χ1v) is 14.3. The number of carbonyl (C=O) groups is 3. The van der Waals surface area contributed by atoms with E-state index in [-0.39, 0.29) is 35.7 Å². The summed E-state index contributed by atoms with van der Waals surface area (Å²) in [5, 5.41) is 10.5. The SMILES string of the molecule is C=CCN(C)C(=O)[C@@H]1[C@H]2C(=O)N([C@@H](CO)C(C)C)C(C(=O)N(CC=C)C(C)(C)CC(C)(C)C)C23CC[C@@]1(C)O3. The highest BCUT2D eigenvalue weighted by Crippen LogP contribution is 2.64. The molecule has 3 fully saturated rings. The summed E-state index contributed by atoms with van der Waals surface area (Å²) in [7, 11) is 1.71. The van der Waals surface area contributed by atoms with Gasteiger partial charge in [0.2, 0.25) is 17.7 Å². The van der Waals surface area contributed by atoms with Gasteiger partial charge in [0.25, 0.3) is 0 Å². The van der Waals surface area contributed by atoms with Gasteiger partial charge >= 0.3 is 0 Å². The second kappa shape index (κ2) is 10.7. The fourth-order valence-corrected chi connectivity index (χ4v) is 7.82. The van der Waals surface area contributed by atoms with Crippen LogP contribution in [-0.4, -0.2) is 93.1 Å². The second-order valence-corrected chi connectivity index (χ2v) is 14.3. The zero-order valence-corrected chi connectivity index (χ0v) is 25.6. The van der Waals surface area contributed by atoms with Crippen LogP contribution in [0, 0.1) is 23.2 Å². The molecule has 0 aromatic heterocycles. The lowest BCUT2D eigenvalue weighted by Crippen LogP contribution is -2.63. The molecule has 39 heavy (non-hydrogen) atoms. The quantitative estimate of drug-likeness (QED) is 0.401. The molecule has 3 rings (SSSR count). The van der Waals surface area contributed by atoms with E-state index in [0.29, 0.717) is 25.9 Å². The molecule has 0 radical (unpaired) electrons. The van der Waals surface area contributed by atoms with Crippen LogP contribution >= 0.6 is 0 Å². The molecule has 220 valence electrons. The Hall–Kier alpha value is -2.19. The maximum atomic E-state index is 14.8. The smallest absolute Gasteiger partial charge is 0.249 e. The zero-order valence-electron chi connectivity index (χ0n) is 25.6. The number of aliphatic hydroxyl groups excluding tert-OH is 1. The predicted molar refractivity (Wildman–Crippen MR) is 153 cm³/mol. The monoisotopic (exact) mass is 545 g/mol. The Balaban J connectivity index is 2.20. The summed E-state index contributed by atoms with van der Waals surface area (Å²) in [5.41, 5.74) is -2.59. The van der Waals surface area contributed by atoms with Crippen LogP contribution < -0.4 is 0 Å². The first-order chi connectivity index (χ1) is 17.9. The molecule has 1 spiro atoms. The van der Waals surface area contributed by atoms with Gasteiger partial charge in [-0.1, -0.05) is 46.8 Å². The number of amides is 3. The molecule has 0 saturated carbocycles. The van der Waals surface area contributed by atoms with Crippen LogP contribution in [0.15, 0.2) is 25.3 Å². The van der Waals surface area contributed by atoms with Crippen molar-refractivity contribution in [2.45, 2.75) is 103 Å². The number of ether oxygens (including phenoxy) is 1. The summed E-state index contributed by atoms with van der Waals surface area (Å²) in [6.07, 6.45) is 5.18. The highest BCUT2D eigenvalue weighted by Gasteiger charge is 2.79. The molecule has 2 unspecified atom stereocenters. The summed E-state index contributed by atoms with van der Waals surface area (Å²) in [6, 6.07) is -1.53. The largest absolute Gasteiger partial charge is 0.394 e. The third-order valence-corrected chi connectivity index (χ3v) is 9.08. The zero-order chi connectivity index (χ0) is 29.7. The molecular weight excluding hydrogens is 494 g/mol. The lowest BCUT2D eigenvalue weighted by molar-refractivity contribution is -0.160. The van der Waals surface area contributed by atoms with E-state index in [4.69, 9.17) is 4.74 Å². The number of fused-ring (bicyclic) bond motifs is 1. The maximum absolute atomic E-state index is 14.8. The molecule has 0 aromatic carbocycles. The Morgan fingerprint density at radius 1 is 1.13 bits per heavy atom. The first-order valence-electron chi connectivity index (χ1n) is 14.3. The van der Waals surface area contributed by atoms with Crippen molar-refractivity contribution in [3.8, 4) is 0 Å². The van der Waals surface area contributed by atoms with E-state index in [1.807, 2.05) is 39.5 Å². The van der Waals surface area contributed by atoms with Gasteiger partial charge in [0.15, 0.2) is 0 Å². The Bertz CT molecular complexity index is 1000. The molecule has 3 heterocycles. The molecule has 8 heteroatoms. The van der Waals surface area contributed by atoms with Crippen molar-refractivity contribution in [1.29, 1.82) is 0 Å². The van der Waals surface area contributed by atoms with Crippen LogP contribution in [0.5, 0.6) is 0 Å². The van der Waals surface area contributed by atoms with Crippen molar-refractivity contribution < 1.29 is 24.2 Å². The van der Waals surface area contributed by atoms with Crippen LogP contribution in [0.25, 0.3) is 0 Å². The van der Waals surface area contributed by atoms with Crippen LogP contribution in [0.4, 0.5) is 0 Å². The van der Waals surface area contributed by atoms with Crippen molar-refractivity contribution >= 4 is 17.7 Å². The Morgan fingerprint density at radius 3 is 2.21 bits per heavy atom. The predicted octanol–water partition coefficient (Wildman–Crippen LogP) is 3.64. The van der Waals surface area contributed by atoms with Crippen molar-refractivity contribution in [1.82, 2.24) is 14.7 Å². The molecule has 1 N–H and O–H groups in total. The highest BCUT2D eigenvalue weighted by molar-refractivity contribution is 5.99. The normalized spacial score (nSPS) is 30.9. The van der Waals surface area contributed by atoms with Crippen LogP contribution in [0.2, 0.25) is 0 Å². The fourth-order valence-electron chi connectivity index (χ4n) is 7.82. The van der Waals surface area contributed by atoms with Gasteiger partial charge in [-0.05, 0) is 51.4 Å². The van der Waals surface area contributed by atoms with E-state index in [1.165, 1.54) is 0 Å². The third-order valence-electron chi connectivity index (χ3n) is 9.08. The molecule has 3 aliphatic heterocycles. The summed E-state index contributed by atoms with van der Waals surface area (Å²) in [4.78, 5) is 48.0. The number of carbonyl (C=O) groups excluding carboxylic acids is 3. The molecule has 8 nitrogen and oxygen atoms in total. The van der Waals surface area contributed by atoms with Crippen molar-refractivity contribution in [3.05, 3.63) is 25.3 Å². The number of hydrogen-bond donors (Lipinski definition) is 1. The molecule has 3 amide bonds. The molecule has 3 aliphatic rings. The fraction of sp³-hybridized carbons (Fsp3) is 0.774. The molecule has 3 saturated heterocycles. The summed E-state index contributed by atoms with van der Waals surface area (Å²) >= 11 is 0. The van der Waals surface area contributed by atoms with Crippen LogP contribution in [0.1, 0.15) is 74.7 Å². The van der Waals surface area contributed by atoms with E-state index in [1.54, 1.807) is 29.0 Å². The van der Waals surface area contributed by atoms with Gasteiger partial charge in [-0.2, -0.15) is 0 Å². The van der Waals surface area contributed by atoms with Gasteiger partial charge in [-0.15, -0.1) is 13.2 Å². The van der Waals surface area contributed by atoms with E-state index < -0.39 is 40.7 Å². The van der Waals surface area contributed by atoms with E-state index in [2.05, 4.69) is 33.9 Å². The van der Waals surface area contributed by atoms with E-state index in [0.717, 1.165) is 6.42 Å². The third kappa shape index (κ3) is 5.19. The van der Waals surface area contributed by atoms with E-state index in [9.17, 15) is 19.5 Å². The van der Waals surface area contributed by atoms with Crippen LogP contribution in [-0.2, 0) is 19.1 Å². The average Bonchev–Trinajstić information content (AvgIpc) is 3.36. The van der Waals surface area contributed by atoms with Gasteiger partial charge in [-0.3, -0.25) is 14.4 Å². The number of hydrogen-bond acceptors (Lipinski definition) is 5. The standard InChI is InChI=1S/C31H51N3O5/c1-12-16-32(11)25(36)22-23-26(37)34(21(18-35)20(3)4)24(31(23)15-14-30(22,10)39-31)27(38)33(17-13-2)29(8,9)19-28(5,6)7/h12-13,20-24,35H,1-2,14-19H2,3-11H3/t21-,22-,23-,24?,30+,31?/m0/s1. The highest BCUT2D eigenvalue weighted by atomic mass is 16.5.